The minimum atomic E-state index is 0.638. The molecule has 3 aromatic rings. The molecule has 0 saturated heterocycles. The topological polar surface area (TPSA) is 73.1 Å². The normalized spacial score (nSPS) is 10.9. The van der Waals surface area contributed by atoms with Gasteiger partial charge in [0.25, 0.3) is 0 Å². The van der Waals surface area contributed by atoms with Gasteiger partial charge in [0, 0.05) is 10.4 Å². The van der Waals surface area contributed by atoms with Crippen molar-refractivity contribution in [2.45, 2.75) is 20.3 Å². The number of anilines is 1. The summed E-state index contributed by atoms with van der Waals surface area (Å²) in [5.41, 5.74) is 5.90. The molecule has 2 aromatic heterocycles. The number of hydrazine groups is 1. The Morgan fingerprint density at radius 3 is 2.77 bits per heavy atom. The summed E-state index contributed by atoms with van der Waals surface area (Å²) in [6.07, 6.45) is 2.43. The van der Waals surface area contributed by atoms with E-state index in [-0.39, 0.29) is 0 Å². The van der Waals surface area contributed by atoms with Crippen molar-refractivity contribution in [3.05, 3.63) is 36.2 Å². The fourth-order valence-electron chi connectivity index (χ4n) is 2.54. The Kier molecular flexibility index (Phi) is 4.22. The third-order valence-corrected chi connectivity index (χ3v) is 4.75. The van der Waals surface area contributed by atoms with Crippen LogP contribution in [-0.4, -0.2) is 16.6 Å². The van der Waals surface area contributed by atoms with Crippen molar-refractivity contribution in [1.29, 1.82) is 0 Å². The van der Waals surface area contributed by atoms with E-state index >= 15 is 0 Å². The van der Waals surface area contributed by atoms with E-state index in [2.05, 4.69) is 28.4 Å². The Morgan fingerprint density at radius 1 is 1.23 bits per heavy atom. The molecular weight excluding hydrogens is 296 g/mol. The summed E-state index contributed by atoms with van der Waals surface area (Å²) in [6.45, 7) is 4.76. The number of nitrogens with one attached hydrogen (secondary N) is 1. The molecule has 0 spiro atoms. The zero-order valence-electron chi connectivity index (χ0n) is 12.6. The lowest BCUT2D eigenvalue weighted by molar-refractivity contribution is 0.341. The van der Waals surface area contributed by atoms with Crippen LogP contribution in [-0.2, 0) is 6.42 Å². The number of nitrogen functional groups attached to an aromatic ring is 1. The van der Waals surface area contributed by atoms with Crippen molar-refractivity contribution < 1.29 is 4.74 Å². The zero-order valence-corrected chi connectivity index (χ0v) is 13.4. The van der Waals surface area contributed by atoms with Crippen LogP contribution in [0, 0.1) is 0 Å². The van der Waals surface area contributed by atoms with Crippen LogP contribution in [0.1, 0.15) is 19.4 Å². The van der Waals surface area contributed by atoms with Crippen molar-refractivity contribution in [3.63, 3.8) is 0 Å². The highest BCUT2D eigenvalue weighted by Crippen LogP contribution is 2.43. The van der Waals surface area contributed by atoms with Gasteiger partial charge in [0.05, 0.1) is 16.8 Å². The Balaban J connectivity index is 2.27. The summed E-state index contributed by atoms with van der Waals surface area (Å²) in [6, 6.07) is 8.09. The maximum Gasteiger partial charge on any atom is 0.161 e. The van der Waals surface area contributed by atoms with Gasteiger partial charge in [0.15, 0.2) is 5.82 Å². The summed E-state index contributed by atoms with van der Waals surface area (Å²) in [5, 5.41) is 0. The molecule has 0 fully saturated rings. The lowest BCUT2D eigenvalue weighted by atomic mass is 10.1. The summed E-state index contributed by atoms with van der Waals surface area (Å²) < 4.78 is 6.75. The average Bonchev–Trinajstić information content (AvgIpc) is 2.94. The standard InChI is InChI=1S/C16H18N4OS/c1-3-10-13-15(16(20-17)19-9-18-13)22-14(10)11-7-5-6-8-12(11)21-4-2/h5-9H,3-4,17H2,1-2H3,(H,18,19,20). The molecule has 1 aromatic carbocycles. The Morgan fingerprint density at radius 2 is 2.05 bits per heavy atom. The number of nitrogens with zero attached hydrogens (tertiary/aromatic N) is 2. The van der Waals surface area contributed by atoms with Crippen LogP contribution < -0.4 is 16.0 Å². The average molecular weight is 314 g/mol. The molecule has 0 saturated carbocycles. The predicted molar refractivity (Wildman–Crippen MR) is 91.2 cm³/mol. The highest BCUT2D eigenvalue weighted by Gasteiger charge is 2.18. The number of nitrogens with two attached hydrogens (primary N) is 1. The molecule has 3 N–H and O–H groups in total. The molecule has 0 unspecified atom stereocenters. The number of thiophene rings is 1. The van der Waals surface area contributed by atoms with Crippen LogP contribution in [0.15, 0.2) is 30.6 Å². The van der Waals surface area contributed by atoms with Crippen LogP contribution in [0.3, 0.4) is 0 Å². The molecule has 0 bridgehead atoms. The van der Waals surface area contributed by atoms with E-state index in [9.17, 15) is 0 Å². The van der Waals surface area contributed by atoms with Crippen molar-refractivity contribution in [2.75, 3.05) is 12.0 Å². The van der Waals surface area contributed by atoms with Crippen molar-refractivity contribution in [1.82, 2.24) is 9.97 Å². The molecule has 114 valence electrons. The number of hydrogen-bond donors (Lipinski definition) is 2. The van der Waals surface area contributed by atoms with Crippen LogP contribution in [0.4, 0.5) is 5.82 Å². The molecule has 2 heterocycles. The van der Waals surface area contributed by atoms with Gasteiger partial charge in [-0.1, -0.05) is 19.1 Å². The first-order valence-corrected chi connectivity index (χ1v) is 8.06. The Hall–Kier alpha value is -2.18. The quantitative estimate of drug-likeness (QED) is 0.556. The number of aromatic nitrogens is 2. The number of aryl methyl sites for hydroxylation is 1. The second kappa shape index (κ2) is 6.29. The van der Waals surface area contributed by atoms with E-state index in [4.69, 9.17) is 10.6 Å². The van der Waals surface area contributed by atoms with Crippen LogP contribution in [0.2, 0.25) is 0 Å². The molecular formula is C16H18N4OS. The minimum absolute atomic E-state index is 0.638. The lowest BCUT2D eigenvalue weighted by Gasteiger charge is -2.09. The fourth-order valence-corrected chi connectivity index (χ4v) is 3.87. The monoisotopic (exact) mass is 314 g/mol. The predicted octanol–water partition coefficient (Wildman–Crippen LogP) is 3.61. The van der Waals surface area contributed by atoms with Gasteiger partial charge in [0.2, 0.25) is 0 Å². The van der Waals surface area contributed by atoms with E-state index in [1.54, 1.807) is 17.7 Å². The molecule has 6 heteroatoms. The molecule has 0 aliphatic carbocycles. The zero-order chi connectivity index (χ0) is 15.5. The van der Waals surface area contributed by atoms with Crippen molar-refractivity contribution >= 4 is 27.4 Å². The largest absolute Gasteiger partial charge is 0.493 e. The third-order valence-electron chi connectivity index (χ3n) is 3.49. The third kappa shape index (κ3) is 2.40. The molecule has 0 aliphatic rings. The number of hydrogen-bond acceptors (Lipinski definition) is 6. The number of rotatable bonds is 5. The van der Waals surface area contributed by atoms with Crippen LogP contribution in [0.25, 0.3) is 20.7 Å². The van der Waals surface area contributed by atoms with Gasteiger partial charge in [-0.05, 0) is 31.0 Å². The molecule has 0 amide bonds. The summed E-state index contributed by atoms with van der Waals surface area (Å²) >= 11 is 1.65. The summed E-state index contributed by atoms with van der Waals surface area (Å²) in [5.74, 6) is 7.12. The first kappa shape index (κ1) is 14.7. The first-order valence-electron chi connectivity index (χ1n) is 7.25. The van der Waals surface area contributed by atoms with Gasteiger partial charge in [-0.15, -0.1) is 11.3 Å². The second-order valence-corrected chi connectivity index (χ2v) is 5.76. The fraction of sp³-hybridized carbons (Fsp3) is 0.250. The van der Waals surface area contributed by atoms with Gasteiger partial charge in [-0.25, -0.2) is 15.8 Å². The maximum atomic E-state index is 5.77. The van der Waals surface area contributed by atoms with E-state index in [0.717, 1.165) is 28.0 Å². The van der Waals surface area contributed by atoms with Gasteiger partial charge in [-0.2, -0.15) is 0 Å². The maximum absolute atomic E-state index is 5.77. The minimum Gasteiger partial charge on any atom is -0.493 e. The second-order valence-electron chi connectivity index (χ2n) is 4.74. The van der Waals surface area contributed by atoms with E-state index in [1.807, 2.05) is 25.1 Å². The summed E-state index contributed by atoms with van der Waals surface area (Å²) in [7, 11) is 0. The number of fused-ring (bicyclic) bond motifs is 1. The molecule has 5 nitrogen and oxygen atoms in total. The van der Waals surface area contributed by atoms with E-state index in [1.165, 1.54) is 10.4 Å². The van der Waals surface area contributed by atoms with Gasteiger partial charge >= 0.3 is 0 Å². The molecule has 0 atom stereocenters. The molecule has 0 aliphatic heterocycles. The smallest absolute Gasteiger partial charge is 0.161 e. The lowest BCUT2D eigenvalue weighted by Crippen LogP contribution is -2.08. The SMILES string of the molecule is CCOc1ccccc1-c1sc2c(NN)ncnc2c1CC. The van der Waals surface area contributed by atoms with Gasteiger partial charge in [-0.3, -0.25) is 0 Å². The highest BCUT2D eigenvalue weighted by molar-refractivity contribution is 7.23. The number of ether oxygens (including phenoxy) is 1. The molecule has 22 heavy (non-hydrogen) atoms. The number of benzene rings is 1. The Labute approximate surface area is 133 Å². The van der Waals surface area contributed by atoms with E-state index < -0.39 is 0 Å². The molecule has 3 rings (SSSR count). The van der Waals surface area contributed by atoms with E-state index in [0.29, 0.717) is 12.4 Å². The van der Waals surface area contributed by atoms with Gasteiger partial charge in [0.1, 0.15) is 12.1 Å². The van der Waals surface area contributed by atoms with Crippen LogP contribution >= 0.6 is 11.3 Å². The first-order chi connectivity index (χ1) is 10.8. The summed E-state index contributed by atoms with van der Waals surface area (Å²) in [4.78, 5) is 9.81. The van der Waals surface area contributed by atoms with Crippen molar-refractivity contribution in [3.8, 4) is 16.2 Å². The van der Waals surface area contributed by atoms with Gasteiger partial charge < -0.3 is 10.2 Å². The molecule has 0 radical (unpaired) electrons. The van der Waals surface area contributed by atoms with Crippen LogP contribution in [0.5, 0.6) is 5.75 Å². The van der Waals surface area contributed by atoms with Crippen molar-refractivity contribution in [2.24, 2.45) is 5.84 Å². The highest BCUT2D eigenvalue weighted by atomic mass is 32.1. The Bertz CT molecular complexity index is 800. The number of para-hydroxylation sites is 1.